The summed E-state index contributed by atoms with van der Waals surface area (Å²) in [6, 6.07) is -0.271. The molecule has 0 heterocycles. The molecule has 0 saturated carbocycles. The maximum atomic E-state index is 9.98. The molecule has 9 heavy (non-hydrogen) atoms. The first kappa shape index (κ1) is 8.39. The minimum Gasteiger partial charge on any atom is -0.481 e. The fourth-order valence-electron chi connectivity index (χ4n) is 0.559. The largest absolute Gasteiger partial charge is 0.481 e. The number of carboxylic acid groups (broad SMARTS) is 1. The van der Waals surface area contributed by atoms with Gasteiger partial charge in [-0.2, -0.15) is 0 Å². The molecule has 0 fully saturated rings. The van der Waals surface area contributed by atoms with Gasteiger partial charge in [0.15, 0.2) is 0 Å². The summed E-state index contributed by atoms with van der Waals surface area (Å²) >= 11 is 0. The fraction of sp³-hybridized carbons (Fsp3) is 0.800. The maximum absolute atomic E-state index is 9.98. The molecule has 0 aliphatic carbocycles. The molecule has 4 heteroatoms. The highest BCUT2D eigenvalue weighted by atomic mass is 16.4. The molecule has 0 aliphatic rings. The Morgan fingerprint density at radius 1 is 1.89 bits per heavy atom. The van der Waals surface area contributed by atoms with Crippen LogP contribution in [0.5, 0.6) is 0 Å². The van der Waals surface area contributed by atoms with Gasteiger partial charge in [0.05, 0.1) is 6.42 Å². The SMILES string of the molecule is CNC[C@@H](N)CC(=O)O. The number of rotatable bonds is 4. The van der Waals surface area contributed by atoms with E-state index in [9.17, 15) is 4.79 Å². The first-order valence-corrected chi connectivity index (χ1v) is 2.78. The van der Waals surface area contributed by atoms with Crippen LogP contribution in [-0.2, 0) is 4.79 Å². The van der Waals surface area contributed by atoms with Crippen molar-refractivity contribution in [3.8, 4) is 0 Å². The lowest BCUT2D eigenvalue weighted by molar-refractivity contribution is -0.137. The number of carbonyl (C=O) groups is 1. The third-order valence-corrected chi connectivity index (χ3v) is 0.903. The van der Waals surface area contributed by atoms with E-state index in [1.54, 1.807) is 7.05 Å². The summed E-state index contributed by atoms with van der Waals surface area (Å²) in [5.74, 6) is -0.849. The van der Waals surface area contributed by atoms with Gasteiger partial charge in [-0.05, 0) is 7.05 Å². The van der Waals surface area contributed by atoms with Gasteiger partial charge < -0.3 is 16.2 Å². The molecule has 0 saturated heterocycles. The van der Waals surface area contributed by atoms with E-state index in [2.05, 4.69) is 5.32 Å². The number of nitrogens with two attached hydrogens (primary N) is 1. The zero-order chi connectivity index (χ0) is 7.28. The van der Waals surface area contributed by atoms with Crippen molar-refractivity contribution in [1.82, 2.24) is 5.32 Å². The summed E-state index contributed by atoms with van der Waals surface area (Å²) in [5, 5.41) is 11.0. The molecular weight excluding hydrogens is 120 g/mol. The van der Waals surface area contributed by atoms with Gasteiger partial charge in [0.25, 0.3) is 0 Å². The van der Waals surface area contributed by atoms with Crippen LogP contribution in [0.3, 0.4) is 0 Å². The van der Waals surface area contributed by atoms with Crippen LogP contribution in [0.4, 0.5) is 0 Å². The van der Waals surface area contributed by atoms with E-state index in [-0.39, 0.29) is 12.5 Å². The smallest absolute Gasteiger partial charge is 0.304 e. The van der Waals surface area contributed by atoms with Crippen molar-refractivity contribution in [2.75, 3.05) is 13.6 Å². The van der Waals surface area contributed by atoms with Gasteiger partial charge in [0.1, 0.15) is 0 Å². The van der Waals surface area contributed by atoms with Crippen molar-refractivity contribution >= 4 is 5.97 Å². The second-order valence-corrected chi connectivity index (χ2v) is 1.92. The highest BCUT2D eigenvalue weighted by molar-refractivity contribution is 5.67. The summed E-state index contributed by atoms with van der Waals surface area (Å²) in [6.45, 7) is 0.548. The average molecular weight is 132 g/mol. The van der Waals surface area contributed by atoms with Crippen LogP contribution in [-0.4, -0.2) is 30.7 Å². The maximum Gasteiger partial charge on any atom is 0.304 e. The molecular formula is C5H12N2O2. The summed E-state index contributed by atoms with van der Waals surface area (Å²) in [4.78, 5) is 9.98. The van der Waals surface area contributed by atoms with Crippen LogP contribution >= 0.6 is 0 Å². The third-order valence-electron chi connectivity index (χ3n) is 0.903. The lowest BCUT2D eigenvalue weighted by atomic mass is 10.2. The molecule has 0 bridgehead atoms. The Kier molecular flexibility index (Phi) is 4.00. The van der Waals surface area contributed by atoms with Crippen molar-refractivity contribution in [2.45, 2.75) is 12.5 Å². The van der Waals surface area contributed by atoms with E-state index in [0.717, 1.165) is 0 Å². The zero-order valence-corrected chi connectivity index (χ0v) is 5.42. The van der Waals surface area contributed by atoms with Crippen molar-refractivity contribution < 1.29 is 9.90 Å². The highest BCUT2D eigenvalue weighted by Gasteiger charge is 2.04. The predicted molar refractivity (Wildman–Crippen MR) is 34.2 cm³/mol. The number of aliphatic carboxylic acids is 1. The monoisotopic (exact) mass is 132 g/mol. The second-order valence-electron chi connectivity index (χ2n) is 1.92. The highest BCUT2D eigenvalue weighted by Crippen LogP contribution is 1.83. The van der Waals surface area contributed by atoms with E-state index >= 15 is 0 Å². The van der Waals surface area contributed by atoms with Gasteiger partial charge in [0.2, 0.25) is 0 Å². The second kappa shape index (κ2) is 4.29. The van der Waals surface area contributed by atoms with Crippen LogP contribution in [0.2, 0.25) is 0 Å². The lowest BCUT2D eigenvalue weighted by Crippen LogP contribution is -2.33. The van der Waals surface area contributed by atoms with Gasteiger partial charge in [0, 0.05) is 12.6 Å². The van der Waals surface area contributed by atoms with Gasteiger partial charge in [-0.25, -0.2) is 0 Å². The summed E-state index contributed by atoms with van der Waals surface area (Å²) < 4.78 is 0. The molecule has 4 nitrogen and oxygen atoms in total. The van der Waals surface area contributed by atoms with Crippen molar-refractivity contribution in [1.29, 1.82) is 0 Å². The Labute approximate surface area is 54.0 Å². The quantitative estimate of drug-likeness (QED) is 0.459. The molecule has 0 amide bonds. The Bertz CT molecular complexity index is 95.0. The molecule has 0 aromatic carbocycles. The van der Waals surface area contributed by atoms with Crippen molar-refractivity contribution in [3.63, 3.8) is 0 Å². The van der Waals surface area contributed by atoms with Crippen LogP contribution in [0.1, 0.15) is 6.42 Å². The molecule has 0 rings (SSSR count). The number of hydrogen-bond acceptors (Lipinski definition) is 3. The first-order valence-electron chi connectivity index (χ1n) is 2.78. The first-order chi connectivity index (χ1) is 4.16. The van der Waals surface area contributed by atoms with Gasteiger partial charge >= 0.3 is 5.97 Å². The fourth-order valence-corrected chi connectivity index (χ4v) is 0.559. The molecule has 0 unspecified atom stereocenters. The third kappa shape index (κ3) is 5.26. The minimum absolute atomic E-state index is 0.0286. The molecule has 0 aromatic rings. The molecule has 54 valence electrons. The van der Waals surface area contributed by atoms with Crippen LogP contribution in [0.25, 0.3) is 0 Å². The van der Waals surface area contributed by atoms with E-state index in [1.165, 1.54) is 0 Å². The minimum atomic E-state index is -0.849. The molecule has 4 N–H and O–H groups in total. The Balaban J connectivity index is 3.26. The van der Waals surface area contributed by atoms with E-state index in [1.807, 2.05) is 0 Å². The predicted octanol–water partition coefficient (Wildman–Crippen LogP) is -0.992. The molecule has 0 radical (unpaired) electrons. The molecule has 1 atom stereocenters. The standard InChI is InChI=1S/C5H12N2O2/c1-7-3-4(6)2-5(8)9/h4,7H,2-3,6H2,1H3,(H,8,9)/t4-/m0/s1. The van der Waals surface area contributed by atoms with E-state index in [4.69, 9.17) is 10.8 Å². The Morgan fingerprint density at radius 2 is 2.44 bits per heavy atom. The summed E-state index contributed by atoms with van der Waals surface area (Å²) in [6.07, 6.45) is 0.0286. The van der Waals surface area contributed by atoms with Crippen LogP contribution in [0, 0.1) is 0 Å². The van der Waals surface area contributed by atoms with E-state index in [0.29, 0.717) is 6.54 Å². The van der Waals surface area contributed by atoms with E-state index < -0.39 is 5.97 Å². The lowest BCUT2D eigenvalue weighted by Gasteiger charge is -2.05. The summed E-state index contributed by atoms with van der Waals surface area (Å²) in [7, 11) is 1.74. The number of nitrogens with one attached hydrogen (secondary N) is 1. The van der Waals surface area contributed by atoms with Crippen molar-refractivity contribution in [2.24, 2.45) is 5.73 Å². The van der Waals surface area contributed by atoms with Crippen LogP contribution < -0.4 is 11.1 Å². The zero-order valence-electron chi connectivity index (χ0n) is 5.42. The normalized spacial score (nSPS) is 13.1. The molecule has 0 aromatic heterocycles. The van der Waals surface area contributed by atoms with Gasteiger partial charge in [-0.15, -0.1) is 0 Å². The topological polar surface area (TPSA) is 75.3 Å². The summed E-state index contributed by atoms with van der Waals surface area (Å²) in [5.41, 5.74) is 5.34. The average Bonchev–Trinajstić information content (AvgIpc) is 1.63. The van der Waals surface area contributed by atoms with Crippen LogP contribution in [0.15, 0.2) is 0 Å². The molecule has 0 aliphatic heterocycles. The molecule has 0 spiro atoms. The number of likely N-dealkylation sites (N-methyl/N-ethyl adjacent to an activating group) is 1. The number of hydrogen-bond donors (Lipinski definition) is 3. The van der Waals surface area contributed by atoms with Gasteiger partial charge in [-0.3, -0.25) is 4.79 Å². The Hall–Kier alpha value is -0.610. The number of carboxylic acids is 1. The van der Waals surface area contributed by atoms with Crippen molar-refractivity contribution in [3.05, 3.63) is 0 Å². The van der Waals surface area contributed by atoms with Gasteiger partial charge in [-0.1, -0.05) is 0 Å². The Morgan fingerprint density at radius 3 is 2.78 bits per heavy atom.